The van der Waals surface area contributed by atoms with E-state index in [-0.39, 0.29) is 81.7 Å². The van der Waals surface area contributed by atoms with Gasteiger partial charge in [0, 0.05) is 12.8 Å². The second kappa shape index (κ2) is 9.50. The van der Waals surface area contributed by atoms with Crippen molar-refractivity contribution in [1.82, 2.24) is 0 Å². The summed E-state index contributed by atoms with van der Waals surface area (Å²) < 4.78 is 0. The minimum Gasteiger partial charge on any atom is -0.602 e. The molecule has 0 fully saturated rings. The number of hydrogen-bond acceptors (Lipinski definition) is 2. The summed E-state index contributed by atoms with van der Waals surface area (Å²) in [6, 6.07) is 0. The molecule has 0 rings (SSSR count). The van der Waals surface area contributed by atoms with Gasteiger partial charge in [-0.05, 0) is 0 Å². The van der Waals surface area contributed by atoms with Gasteiger partial charge in [0.15, 0.2) is 0 Å². The Morgan fingerprint density at radius 1 is 1.17 bits per heavy atom. The van der Waals surface area contributed by atoms with Gasteiger partial charge in [0.1, 0.15) is 0 Å². The van der Waals surface area contributed by atoms with Crippen molar-refractivity contribution in [2.75, 3.05) is 0 Å². The van der Waals surface area contributed by atoms with Crippen molar-refractivity contribution in [2.24, 2.45) is 0 Å². The van der Waals surface area contributed by atoms with Gasteiger partial charge in [-0.1, -0.05) is 0 Å². The van der Waals surface area contributed by atoms with Gasteiger partial charge in [0.2, 0.25) is 0 Å². The molecule has 28 valence electrons. The van der Waals surface area contributed by atoms with Crippen molar-refractivity contribution >= 4 is 12.8 Å². The van der Waals surface area contributed by atoms with Gasteiger partial charge in [-0.2, -0.15) is 0 Å². The summed E-state index contributed by atoms with van der Waals surface area (Å²) in [6.07, 6.45) is 0.375. The number of rotatable bonds is 2. The molecule has 0 atom stereocenters. The van der Waals surface area contributed by atoms with E-state index in [1.165, 1.54) is 0 Å². The van der Waals surface area contributed by atoms with Gasteiger partial charge in [0.05, 0.1) is 0 Å². The fourth-order valence-electron chi connectivity index (χ4n) is 0.0248. The van der Waals surface area contributed by atoms with E-state index >= 15 is 0 Å². The molecule has 2 amide bonds. The third-order valence-electron chi connectivity index (χ3n) is 0.122. The Labute approximate surface area is 94.3 Å². The average Bonchev–Trinajstić information content (AvgIpc) is 1.41. The number of carbonyl (C=O) groups excluding carboxylic acids is 2. The molecule has 0 aliphatic rings. The largest absolute Gasteiger partial charge is 1.00 e. The van der Waals surface area contributed by atoms with Crippen molar-refractivity contribution in [3.63, 3.8) is 0 Å². The molecule has 0 saturated heterocycles. The van der Waals surface area contributed by atoms with Crippen molar-refractivity contribution in [3.8, 4) is 0 Å². The molecule has 0 spiro atoms. The molecule has 3 nitrogen and oxygen atoms in total. The maximum absolute atomic E-state index is 9.01. The fourth-order valence-corrected chi connectivity index (χ4v) is 0.0248. The average molecular weight is 205 g/mol. The molecule has 0 unspecified atom stereocenters. The van der Waals surface area contributed by atoms with Crippen molar-refractivity contribution in [1.29, 1.82) is 0 Å². The van der Waals surface area contributed by atoms with Crippen LogP contribution >= 0.6 is 0 Å². The molecule has 0 N–H and O–H groups in total. The first-order valence-electron chi connectivity index (χ1n) is 0.988. The van der Waals surface area contributed by atoms with Crippen molar-refractivity contribution in [2.45, 2.75) is 0 Å². The Hall–Kier alpha value is 1.19. The van der Waals surface area contributed by atoms with Crippen LogP contribution in [0.15, 0.2) is 0 Å². The van der Waals surface area contributed by atoms with Crippen LogP contribution in [0.2, 0.25) is 0 Å². The zero-order valence-electron chi connectivity index (χ0n) is 3.42. The first-order chi connectivity index (χ1) is 2.41. The molecule has 0 aromatic carbocycles. The van der Waals surface area contributed by atoms with Crippen LogP contribution in [0.3, 0.4) is 0 Å². The molecule has 0 heterocycles. The van der Waals surface area contributed by atoms with Crippen LogP contribution < -0.4 is 68.9 Å². The molecule has 6 heavy (non-hydrogen) atoms. The Morgan fingerprint density at radius 2 is 1.50 bits per heavy atom. The summed E-state index contributed by atoms with van der Waals surface area (Å²) in [5.74, 6) is 0. The summed E-state index contributed by atoms with van der Waals surface area (Å²) in [5.41, 5.74) is 0. The van der Waals surface area contributed by atoms with E-state index in [1.54, 1.807) is 0 Å². The number of hydrogen-bond donors (Lipinski definition) is 0. The van der Waals surface area contributed by atoms with E-state index in [0.29, 0.717) is 0 Å². The molecule has 0 radical (unpaired) electrons. The predicted molar refractivity (Wildman–Crippen MR) is 15.5 cm³/mol. The van der Waals surface area contributed by atoms with Crippen LogP contribution in [-0.4, -0.2) is 12.8 Å². The molecule has 0 aromatic rings. The Kier molecular flexibility index (Phi) is 16.2. The topological polar surface area (TPSA) is 48.2 Å². The number of carbonyl (C=O) groups is 2. The van der Waals surface area contributed by atoms with E-state index in [0.717, 1.165) is 0 Å². The summed E-state index contributed by atoms with van der Waals surface area (Å²) >= 11 is 0. The normalized spacial score (nSPS) is 4.67. The number of amides is 2. The van der Waals surface area contributed by atoms with E-state index in [4.69, 9.17) is 9.59 Å². The number of nitrogens with zero attached hydrogens (tertiary/aromatic N) is 1. The van der Waals surface area contributed by atoms with Crippen molar-refractivity contribution in [3.05, 3.63) is 5.32 Å². The third kappa shape index (κ3) is 8.95. The molecule has 0 aliphatic heterocycles. The Morgan fingerprint density at radius 3 is 1.50 bits per heavy atom. The van der Waals surface area contributed by atoms with Crippen molar-refractivity contribution < 1.29 is 78.5 Å². The van der Waals surface area contributed by atoms with E-state index in [1.807, 2.05) is 0 Å². The van der Waals surface area contributed by atoms with Gasteiger partial charge >= 0.3 is 68.9 Å². The maximum Gasteiger partial charge on any atom is 1.00 e. The predicted octanol–water partition coefficient (Wildman–Crippen LogP) is -3.32. The molecule has 0 bridgehead atoms. The van der Waals surface area contributed by atoms with E-state index in [9.17, 15) is 0 Å². The number of imide groups is 1. The van der Waals surface area contributed by atoms with Crippen LogP contribution in [-0.2, 0) is 9.59 Å². The molecule has 4 heteroatoms. The standard InChI is InChI=1S/C2H3NO2.Cs/c4-1-3-2-5;/h1-2H,(H,3,4,5);/q;+1/p-1. The van der Waals surface area contributed by atoms with E-state index in [2.05, 4.69) is 5.32 Å². The summed E-state index contributed by atoms with van der Waals surface area (Å²) in [7, 11) is 0. The molecule has 0 aliphatic carbocycles. The quantitative estimate of drug-likeness (QED) is 0.443. The van der Waals surface area contributed by atoms with Gasteiger partial charge in [0.25, 0.3) is 0 Å². The van der Waals surface area contributed by atoms with Crippen LogP contribution in [0, 0.1) is 0 Å². The first-order valence-corrected chi connectivity index (χ1v) is 0.988. The monoisotopic (exact) mass is 205 g/mol. The summed E-state index contributed by atoms with van der Waals surface area (Å²) in [4.78, 5) is 18.0. The van der Waals surface area contributed by atoms with Crippen LogP contribution in [0.25, 0.3) is 5.32 Å². The zero-order valence-corrected chi connectivity index (χ0v) is 9.70. The van der Waals surface area contributed by atoms with Gasteiger partial charge in [-0.25, -0.2) is 0 Å². The first kappa shape index (κ1) is 10.2. The van der Waals surface area contributed by atoms with Crippen LogP contribution in [0.4, 0.5) is 0 Å². The van der Waals surface area contributed by atoms with Gasteiger partial charge < -0.3 is 14.9 Å². The second-order valence-corrected chi connectivity index (χ2v) is 0.360. The third-order valence-corrected chi connectivity index (χ3v) is 0.122. The fraction of sp³-hybridized carbons (Fsp3) is 0. The second-order valence-electron chi connectivity index (χ2n) is 0.360. The Balaban J connectivity index is 0. The van der Waals surface area contributed by atoms with Crippen LogP contribution in [0.1, 0.15) is 0 Å². The molecule has 0 aromatic heterocycles. The van der Waals surface area contributed by atoms with Gasteiger partial charge in [-0.15, -0.1) is 0 Å². The molecular weight excluding hydrogens is 203 g/mol. The maximum atomic E-state index is 9.01. The Bertz CT molecular complexity index is 40.8. The molecule has 0 saturated carbocycles. The van der Waals surface area contributed by atoms with Crippen LogP contribution in [0.5, 0.6) is 0 Å². The minimum absolute atomic E-state index is 0. The minimum atomic E-state index is 0. The zero-order chi connectivity index (χ0) is 4.12. The SMILES string of the molecule is O=C[N-]C=O.[Cs+]. The van der Waals surface area contributed by atoms with Gasteiger partial charge in [-0.3, -0.25) is 0 Å². The summed E-state index contributed by atoms with van der Waals surface area (Å²) in [5, 5.41) is 2.61. The smallest absolute Gasteiger partial charge is 0.602 e. The summed E-state index contributed by atoms with van der Waals surface area (Å²) in [6.45, 7) is 0. The molecular formula is C2H2CsNO2. The van der Waals surface area contributed by atoms with E-state index < -0.39 is 0 Å².